The maximum atomic E-state index is 12.3. The Labute approximate surface area is 154 Å². The van der Waals surface area contributed by atoms with Crippen molar-refractivity contribution in [2.45, 2.75) is 6.61 Å². The standard InChI is InChI=1S/C19H15NO5S/c21-17(22)11-20-18(23)16(26-19(20)24)10-14-8-4-5-9-15(14)25-12-13-6-2-1-3-7-13/h1-10H,11-12H2,(H,21,22)/b16-10+. The molecule has 1 N–H and O–H groups in total. The van der Waals surface area contributed by atoms with Crippen molar-refractivity contribution in [2.24, 2.45) is 0 Å². The predicted molar refractivity (Wildman–Crippen MR) is 97.5 cm³/mol. The van der Waals surface area contributed by atoms with E-state index in [9.17, 15) is 14.4 Å². The first-order chi connectivity index (χ1) is 12.5. The third kappa shape index (κ3) is 4.12. The summed E-state index contributed by atoms with van der Waals surface area (Å²) in [5, 5.41) is 8.22. The Kier molecular flexibility index (Phi) is 5.38. The van der Waals surface area contributed by atoms with E-state index in [2.05, 4.69) is 0 Å². The maximum Gasteiger partial charge on any atom is 0.323 e. The van der Waals surface area contributed by atoms with Crippen molar-refractivity contribution < 1.29 is 24.2 Å². The molecular weight excluding hydrogens is 354 g/mol. The van der Waals surface area contributed by atoms with Gasteiger partial charge in [-0.25, -0.2) is 0 Å². The molecular formula is C19H15NO5S. The van der Waals surface area contributed by atoms with Gasteiger partial charge in [-0.2, -0.15) is 0 Å². The van der Waals surface area contributed by atoms with Crippen LogP contribution in [0.1, 0.15) is 11.1 Å². The molecule has 1 aliphatic heterocycles. The molecule has 1 fully saturated rings. The first kappa shape index (κ1) is 17.8. The van der Waals surface area contributed by atoms with Gasteiger partial charge in [-0.15, -0.1) is 0 Å². The molecule has 2 aromatic rings. The molecule has 0 radical (unpaired) electrons. The van der Waals surface area contributed by atoms with Gasteiger partial charge >= 0.3 is 5.97 Å². The van der Waals surface area contributed by atoms with Crippen LogP contribution in [-0.4, -0.2) is 33.7 Å². The quantitative estimate of drug-likeness (QED) is 0.786. The highest BCUT2D eigenvalue weighted by Gasteiger charge is 2.36. The number of imide groups is 1. The average molecular weight is 369 g/mol. The topological polar surface area (TPSA) is 83.9 Å². The highest BCUT2D eigenvalue weighted by molar-refractivity contribution is 8.18. The molecule has 2 aromatic carbocycles. The van der Waals surface area contributed by atoms with Crippen molar-refractivity contribution in [3.05, 3.63) is 70.6 Å². The van der Waals surface area contributed by atoms with E-state index in [0.29, 0.717) is 22.8 Å². The maximum absolute atomic E-state index is 12.3. The molecule has 1 saturated heterocycles. The number of amides is 2. The summed E-state index contributed by atoms with van der Waals surface area (Å²) in [5.41, 5.74) is 1.65. The predicted octanol–water partition coefficient (Wildman–Crippen LogP) is 3.39. The Morgan fingerprint density at radius 1 is 1.08 bits per heavy atom. The molecule has 0 bridgehead atoms. The Morgan fingerprint density at radius 3 is 2.50 bits per heavy atom. The second kappa shape index (κ2) is 7.88. The lowest BCUT2D eigenvalue weighted by atomic mass is 10.1. The number of nitrogens with zero attached hydrogens (tertiary/aromatic N) is 1. The Morgan fingerprint density at radius 2 is 1.77 bits per heavy atom. The summed E-state index contributed by atoms with van der Waals surface area (Å²) in [6.07, 6.45) is 1.55. The van der Waals surface area contributed by atoms with Crippen LogP contribution in [-0.2, 0) is 16.2 Å². The molecule has 0 spiro atoms. The molecule has 0 saturated carbocycles. The van der Waals surface area contributed by atoms with Crippen molar-refractivity contribution in [2.75, 3.05) is 6.54 Å². The first-order valence-electron chi connectivity index (χ1n) is 7.77. The van der Waals surface area contributed by atoms with Gasteiger partial charge in [0.25, 0.3) is 11.1 Å². The molecule has 1 aliphatic rings. The van der Waals surface area contributed by atoms with Crippen LogP contribution in [0.25, 0.3) is 6.08 Å². The zero-order chi connectivity index (χ0) is 18.5. The van der Waals surface area contributed by atoms with Crippen molar-refractivity contribution >= 4 is 35.0 Å². The van der Waals surface area contributed by atoms with Gasteiger partial charge in [-0.05, 0) is 29.5 Å². The largest absolute Gasteiger partial charge is 0.488 e. The number of rotatable bonds is 6. The van der Waals surface area contributed by atoms with E-state index in [1.807, 2.05) is 36.4 Å². The van der Waals surface area contributed by atoms with E-state index in [1.54, 1.807) is 24.3 Å². The minimum Gasteiger partial charge on any atom is -0.488 e. The zero-order valence-corrected chi connectivity index (χ0v) is 14.4. The fraction of sp³-hybridized carbons (Fsp3) is 0.105. The van der Waals surface area contributed by atoms with Crippen LogP contribution in [0.4, 0.5) is 4.79 Å². The monoisotopic (exact) mass is 369 g/mol. The second-order valence-corrected chi connectivity index (χ2v) is 6.47. The highest BCUT2D eigenvalue weighted by atomic mass is 32.2. The summed E-state index contributed by atoms with van der Waals surface area (Å²) in [7, 11) is 0. The fourth-order valence-electron chi connectivity index (χ4n) is 2.38. The lowest BCUT2D eigenvalue weighted by molar-refractivity contribution is -0.140. The van der Waals surface area contributed by atoms with Gasteiger partial charge in [0.15, 0.2) is 0 Å². The summed E-state index contributed by atoms with van der Waals surface area (Å²) in [6.45, 7) is -0.277. The summed E-state index contributed by atoms with van der Waals surface area (Å²) in [4.78, 5) is 35.8. The van der Waals surface area contributed by atoms with Crippen LogP contribution >= 0.6 is 11.8 Å². The average Bonchev–Trinajstić information content (AvgIpc) is 2.89. The highest BCUT2D eigenvalue weighted by Crippen LogP contribution is 2.33. The number of para-hydroxylation sites is 1. The van der Waals surface area contributed by atoms with E-state index in [1.165, 1.54) is 0 Å². The lowest BCUT2D eigenvalue weighted by Crippen LogP contribution is -2.33. The number of ether oxygens (including phenoxy) is 1. The lowest BCUT2D eigenvalue weighted by Gasteiger charge is -2.10. The summed E-state index contributed by atoms with van der Waals surface area (Å²) < 4.78 is 5.83. The molecule has 0 aromatic heterocycles. The first-order valence-corrected chi connectivity index (χ1v) is 8.59. The van der Waals surface area contributed by atoms with Crippen molar-refractivity contribution in [3.63, 3.8) is 0 Å². The molecule has 0 aliphatic carbocycles. The fourth-order valence-corrected chi connectivity index (χ4v) is 3.21. The number of benzene rings is 2. The van der Waals surface area contributed by atoms with Gasteiger partial charge in [-0.1, -0.05) is 48.5 Å². The normalized spacial score (nSPS) is 15.5. The molecule has 7 heteroatoms. The number of carbonyl (C=O) groups is 3. The van der Waals surface area contributed by atoms with Crippen molar-refractivity contribution in [1.29, 1.82) is 0 Å². The minimum absolute atomic E-state index is 0.173. The van der Waals surface area contributed by atoms with Gasteiger partial charge < -0.3 is 9.84 Å². The Hall–Kier alpha value is -3.06. The van der Waals surface area contributed by atoms with Crippen LogP contribution in [0.3, 0.4) is 0 Å². The molecule has 132 valence electrons. The van der Waals surface area contributed by atoms with Crippen LogP contribution in [0, 0.1) is 0 Å². The summed E-state index contributed by atoms with van der Waals surface area (Å²) in [5.74, 6) is -1.28. The Balaban J connectivity index is 1.79. The molecule has 0 unspecified atom stereocenters. The number of carboxylic acids is 1. The molecule has 6 nitrogen and oxygen atoms in total. The van der Waals surface area contributed by atoms with E-state index in [-0.39, 0.29) is 4.91 Å². The number of carboxylic acid groups (broad SMARTS) is 1. The summed E-state index contributed by atoms with van der Waals surface area (Å²) >= 11 is 0.721. The van der Waals surface area contributed by atoms with Gasteiger partial charge in [0.1, 0.15) is 18.9 Å². The zero-order valence-electron chi connectivity index (χ0n) is 13.6. The van der Waals surface area contributed by atoms with E-state index in [4.69, 9.17) is 9.84 Å². The SMILES string of the molecule is O=C(O)CN1C(=O)S/C(=C/c2ccccc2OCc2ccccc2)C1=O. The van der Waals surface area contributed by atoms with E-state index >= 15 is 0 Å². The third-order valence-electron chi connectivity index (χ3n) is 3.61. The number of thioether (sulfide) groups is 1. The van der Waals surface area contributed by atoms with Crippen LogP contribution in [0.5, 0.6) is 5.75 Å². The van der Waals surface area contributed by atoms with Crippen LogP contribution < -0.4 is 4.74 Å². The smallest absolute Gasteiger partial charge is 0.323 e. The Bertz CT molecular complexity index is 879. The molecule has 3 rings (SSSR count). The van der Waals surface area contributed by atoms with Gasteiger partial charge in [0, 0.05) is 5.56 Å². The third-order valence-corrected chi connectivity index (χ3v) is 4.52. The van der Waals surface area contributed by atoms with Gasteiger partial charge in [0.05, 0.1) is 4.91 Å². The van der Waals surface area contributed by atoms with Crippen LogP contribution in [0.15, 0.2) is 59.5 Å². The molecule has 2 amide bonds. The van der Waals surface area contributed by atoms with Crippen LogP contribution in [0.2, 0.25) is 0 Å². The molecule has 26 heavy (non-hydrogen) atoms. The number of hydrogen-bond acceptors (Lipinski definition) is 5. The van der Waals surface area contributed by atoms with E-state index in [0.717, 1.165) is 17.3 Å². The minimum atomic E-state index is -1.24. The molecule has 0 atom stereocenters. The van der Waals surface area contributed by atoms with Gasteiger partial charge in [-0.3, -0.25) is 19.3 Å². The molecule has 1 heterocycles. The second-order valence-electron chi connectivity index (χ2n) is 5.47. The van der Waals surface area contributed by atoms with E-state index < -0.39 is 23.7 Å². The van der Waals surface area contributed by atoms with Gasteiger partial charge in [0.2, 0.25) is 0 Å². The van der Waals surface area contributed by atoms with Crippen molar-refractivity contribution in [1.82, 2.24) is 4.90 Å². The number of carbonyl (C=O) groups excluding carboxylic acids is 2. The summed E-state index contributed by atoms with van der Waals surface area (Å²) in [6, 6.07) is 16.8. The van der Waals surface area contributed by atoms with Crippen molar-refractivity contribution in [3.8, 4) is 5.75 Å². The number of aliphatic carboxylic acids is 1. The number of hydrogen-bond donors (Lipinski definition) is 1.